The summed E-state index contributed by atoms with van der Waals surface area (Å²) in [5, 5.41) is 8.21. The topological polar surface area (TPSA) is 121 Å². The van der Waals surface area contributed by atoms with Gasteiger partial charge in [0.25, 0.3) is 0 Å². The van der Waals surface area contributed by atoms with E-state index in [1.165, 1.54) is 6.92 Å². The zero-order chi connectivity index (χ0) is 32.6. The molecule has 242 valence electrons. The van der Waals surface area contributed by atoms with E-state index in [1.807, 2.05) is 39.9 Å². The number of hydrogen-bond acceptors (Lipinski definition) is 8. The Morgan fingerprint density at radius 1 is 0.957 bits per heavy atom. The third-order valence-corrected chi connectivity index (χ3v) is 8.48. The maximum atomic E-state index is 14.3. The monoisotopic (exact) mass is 646 g/mol. The number of carbonyl (C=O) groups is 2. The van der Waals surface area contributed by atoms with Crippen LogP contribution in [0, 0.1) is 0 Å². The van der Waals surface area contributed by atoms with Crippen molar-refractivity contribution in [2.75, 3.05) is 27.9 Å². The van der Waals surface area contributed by atoms with Gasteiger partial charge in [0.05, 0.1) is 32.9 Å². The summed E-state index contributed by atoms with van der Waals surface area (Å²) in [7, 11) is 4.71. The predicted molar refractivity (Wildman–Crippen MR) is 175 cm³/mol. The highest BCUT2D eigenvalue weighted by Crippen LogP contribution is 2.32. The lowest BCUT2D eigenvalue weighted by Gasteiger charge is -2.33. The van der Waals surface area contributed by atoms with Crippen LogP contribution in [0.5, 0.6) is 17.2 Å². The number of nitrogens with zero attached hydrogens (tertiary/aromatic N) is 5. The molecule has 5 rings (SSSR count). The van der Waals surface area contributed by atoms with Crippen molar-refractivity contribution in [3.63, 3.8) is 0 Å². The Morgan fingerprint density at radius 2 is 1.65 bits per heavy atom. The third kappa shape index (κ3) is 7.59. The number of methoxy groups -OCH3 is 3. The maximum absolute atomic E-state index is 14.3. The lowest BCUT2D eigenvalue weighted by molar-refractivity contribution is -0.138. The first-order chi connectivity index (χ1) is 22.3. The third-order valence-electron chi connectivity index (χ3n) is 8.18. The Hall–Kier alpha value is -4.64. The van der Waals surface area contributed by atoms with Crippen molar-refractivity contribution in [2.24, 2.45) is 0 Å². The number of halogens is 1. The molecular weight excluding hydrogens is 608 g/mol. The van der Waals surface area contributed by atoms with E-state index in [1.54, 1.807) is 51.9 Å². The van der Waals surface area contributed by atoms with Crippen molar-refractivity contribution < 1.29 is 23.8 Å². The molecule has 1 N–H and O–H groups in total. The van der Waals surface area contributed by atoms with Gasteiger partial charge in [0.1, 0.15) is 11.8 Å². The quantitative estimate of drug-likeness (QED) is 0.210. The lowest BCUT2D eigenvalue weighted by Crippen LogP contribution is -2.52. The number of benzene rings is 2. The number of aromatic nitrogens is 4. The van der Waals surface area contributed by atoms with Gasteiger partial charge in [-0.15, -0.1) is 0 Å². The fraction of sp³-hybridized carbons (Fsp3) is 0.382. The molecule has 1 fully saturated rings. The molecular formula is C34H39ClN6O5. The van der Waals surface area contributed by atoms with Crippen LogP contribution in [0.15, 0.2) is 60.9 Å². The molecule has 0 spiro atoms. The lowest BCUT2D eigenvalue weighted by atomic mass is 10.0. The second-order valence-electron chi connectivity index (χ2n) is 11.2. The fourth-order valence-corrected chi connectivity index (χ4v) is 6.18. The average Bonchev–Trinajstić information content (AvgIpc) is 3.76. The first kappa shape index (κ1) is 32.7. The number of carbonyl (C=O) groups excluding carboxylic acids is 2. The molecule has 1 saturated carbocycles. The molecule has 0 radical (unpaired) electrons. The second-order valence-corrected chi connectivity index (χ2v) is 11.6. The van der Waals surface area contributed by atoms with Crippen LogP contribution in [0.1, 0.15) is 38.2 Å². The van der Waals surface area contributed by atoms with Gasteiger partial charge in [-0.25, -0.2) is 9.67 Å². The van der Waals surface area contributed by atoms with Crippen LogP contribution < -0.4 is 19.5 Å². The van der Waals surface area contributed by atoms with Crippen molar-refractivity contribution in [3.05, 3.63) is 71.5 Å². The van der Waals surface area contributed by atoms with E-state index < -0.39 is 6.04 Å². The molecule has 11 nitrogen and oxygen atoms in total. The van der Waals surface area contributed by atoms with Crippen LogP contribution in [-0.4, -0.2) is 76.4 Å². The molecule has 2 amide bonds. The van der Waals surface area contributed by atoms with E-state index in [9.17, 15) is 9.59 Å². The van der Waals surface area contributed by atoms with Crippen molar-refractivity contribution in [2.45, 2.75) is 57.7 Å². The van der Waals surface area contributed by atoms with Crippen molar-refractivity contribution in [3.8, 4) is 40.0 Å². The van der Waals surface area contributed by atoms with Crippen LogP contribution in [0.25, 0.3) is 22.8 Å². The van der Waals surface area contributed by atoms with Gasteiger partial charge in [-0.1, -0.05) is 30.5 Å². The molecule has 46 heavy (non-hydrogen) atoms. The van der Waals surface area contributed by atoms with Crippen LogP contribution in [0.3, 0.4) is 0 Å². The Labute approximate surface area is 273 Å². The predicted octanol–water partition coefficient (Wildman–Crippen LogP) is 5.20. The van der Waals surface area contributed by atoms with E-state index in [0.29, 0.717) is 53.4 Å². The van der Waals surface area contributed by atoms with E-state index in [0.717, 1.165) is 42.4 Å². The average molecular weight is 647 g/mol. The number of ether oxygens (including phenoxy) is 3. The van der Waals surface area contributed by atoms with Crippen molar-refractivity contribution in [1.82, 2.24) is 30.0 Å². The van der Waals surface area contributed by atoms with Gasteiger partial charge in [-0.05, 0) is 60.9 Å². The summed E-state index contributed by atoms with van der Waals surface area (Å²) in [6.07, 6.45) is 7.57. The molecule has 4 aromatic rings. The molecule has 0 saturated heterocycles. The SMILES string of the molecule is COc1ccc(-c2nc(-c3ccncc3)nn2CCN(C(=O)[C@@H](Cc2ccc(OC)c(OC)c2)NC(C)=O)C2CCCC2)cc1Cl. The summed E-state index contributed by atoms with van der Waals surface area (Å²) in [6, 6.07) is 14.0. The minimum absolute atomic E-state index is 0.0521. The molecule has 2 aromatic carbocycles. The zero-order valence-electron chi connectivity index (χ0n) is 26.5. The Morgan fingerprint density at radius 3 is 2.30 bits per heavy atom. The molecule has 1 aliphatic rings. The smallest absolute Gasteiger partial charge is 0.245 e. The van der Waals surface area contributed by atoms with Gasteiger partial charge >= 0.3 is 0 Å². The highest BCUT2D eigenvalue weighted by Gasteiger charge is 2.32. The highest BCUT2D eigenvalue weighted by atomic mass is 35.5. The first-order valence-corrected chi connectivity index (χ1v) is 15.7. The normalized spacial score (nSPS) is 13.7. The minimum Gasteiger partial charge on any atom is -0.495 e. The number of nitrogens with one attached hydrogen (secondary N) is 1. The van der Waals surface area contributed by atoms with Gasteiger partial charge in [-0.2, -0.15) is 5.10 Å². The maximum Gasteiger partial charge on any atom is 0.245 e. The Bertz CT molecular complexity index is 1660. The van der Waals surface area contributed by atoms with E-state index in [2.05, 4.69) is 10.3 Å². The highest BCUT2D eigenvalue weighted by molar-refractivity contribution is 6.32. The largest absolute Gasteiger partial charge is 0.495 e. The van der Waals surface area contributed by atoms with Crippen molar-refractivity contribution >= 4 is 23.4 Å². The van der Waals surface area contributed by atoms with Crippen LogP contribution >= 0.6 is 11.6 Å². The van der Waals surface area contributed by atoms with Gasteiger partial charge < -0.3 is 24.4 Å². The van der Waals surface area contributed by atoms with Crippen LogP contribution in [-0.2, 0) is 22.6 Å². The van der Waals surface area contributed by atoms with E-state index >= 15 is 0 Å². The molecule has 0 bridgehead atoms. The fourth-order valence-electron chi connectivity index (χ4n) is 5.92. The number of amides is 2. The molecule has 0 unspecified atom stereocenters. The summed E-state index contributed by atoms with van der Waals surface area (Å²) >= 11 is 6.50. The zero-order valence-corrected chi connectivity index (χ0v) is 27.3. The van der Waals surface area contributed by atoms with Crippen LogP contribution in [0.2, 0.25) is 5.02 Å². The molecule has 1 atom stereocenters. The number of rotatable bonds is 13. The molecule has 0 aliphatic heterocycles. The second kappa shape index (κ2) is 15.1. The Kier molecular flexibility index (Phi) is 10.7. The van der Waals surface area contributed by atoms with Crippen molar-refractivity contribution in [1.29, 1.82) is 0 Å². The van der Waals surface area contributed by atoms with Crippen LogP contribution in [0.4, 0.5) is 0 Å². The summed E-state index contributed by atoms with van der Waals surface area (Å²) in [5.74, 6) is 2.44. The number of hydrogen-bond donors (Lipinski definition) is 1. The number of pyridine rings is 1. The van der Waals surface area contributed by atoms with E-state index in [-0.39, 0.29) is 17.9 Å². The Balaban J connectivity index is 1.46. The molecule has 2 heterocycles. The minimum atomic E-state index is -0.765. The molecule has 12 heteroatoms. The van der Waals surface area contributed by atoms with Gasteiger partial charge in [0.2, 0.25) is 11.8 Å². The molecule has 2 aromatic heterocycles. The standard InChI is InChI=1S/C34H39ClN6O5/c1-22(42)37-28(19-23-9-11-30(45-3)31(20-23)46-4)34(43)40(26-7-5-6-8-26)17-18-41-33(25-10-12-29(44-2)27(35)21-25)38-32(39-41)24-13-15-36-16-14-24/h9-16,20-21,26,28H,5-8,17-19H2,1-4H3,(H,37,42)/t28-/m1/s1. The van der Waals surface area contributed by atoms with E-state index in [4.69, 9.17) is 35.9 Å². The summed E-state index contributed by atoms with van der Waals surface area (Å²) in [4.78, 5) is 37.6. The van der Waals surface area contributed by atoms with Gasteiger partial charge in [-0.3, -0.25) is 14.6 Å². The molecule has 1 aliphatic carbocycles. The summed E-state index contributed by atoms with van der Waals surface area (Å²) in [6.45, 7) is 2.18. The first-order valence-electron chi connectivity index (χ1n) is 15.3. The summed E-state index contributed by atoms with van der Waals surface area (Å²) < 4.78 is 18.0. The summed E-state index contributed by atoms with van der Waals surface area (Å²) in [5.41, 5.74) is 2.42. The van der Waals surface area contributed by atoms with Gasteiger partial charge in [0.15, 0.2) is 23.1 Å². The van der Waals surface area contributed by atoms with Gasteiger partial charge in [0, 0.05) is 49.5 Å².